The fraction of sp³-hybridized carbons (Fsp3) is 0.833. The van der Waals surface area contributed by atoms with Crippen molar-refractivity contribution in [3.8, 4) is 0 Å². The molecule has 0 aliphatic carbocycles. The number of piperidine rings is 1. The molecular weight excluding hydrogens is 220 g/mol. The molecule has 1 atom stereocenters. The Hall–Kier alpha value is -1.10. The van der Waals surface area contributed by atoms with E-state index in [1.807, 2.05) is 6.92 Å². The normalized spacial score (nSPS) is 19.9. The topological polar surface area (TPSA) is 60.9 Å². The van der Waals surface area contributed by atoms with Gasteiger partial charge in [-0.2, -0.15) is 0 Å². The minimum absolute atomic E-state index is 0.101. The molecule has 1 unspecified atom stereocenters. The molecular formula is C12H22N2O3. The average molecular weight is 242 g/mol. The first kappa shape index (κ1) is 14.0. The summed E-state index contributed by atoms with van der Waals surface area (Å²) in [5, 5.41) is 8.73. The Morgan fingerprint density at radius 3 is 2.29 bits per heavy atom. The lowest BCUT2D eigenvalue weighted by Gasteiger charge is -2.35. The van der Waals surface area contributed by atoms with Gasteiger partial charge in [-0.15, -0.1) is 0 Å². The monoisotopic (exact) mass is 242 g/mol. The zero-order valence-electron chi connectivity index (χ0n) is 10.8. The standard InChI is InChI=1S/C12H22N2O3/c1-9(12(17)13(2)3)14-6-4-10(5-7-14)8-11(15)16/h9-10H,4-8H2,1-3H3,(H,15,16). The second kappa shape index (κ2) is 6.00. The van der Waals surface area contributed by atoms with E-state index in [4.69, 9.17) is 5.11 Å². The van der Waals surface area contributed by atoms with Gasteiger partial charge in [0.15, 0.2) is 0 Å². The van der Waals surface area contributed by atoms with Crippen LogP contribution in [-0.4, -0.2) is 60.0 Å². The number of carboxylic acids is 1. The highest BCUT2D eigenvalue weighted by Gasteiger charge is 2.28. The average Bonchev–Trinajstić information content (AvgIpc) is 2.27. The number of aliphatic carboxylic acids is 1. The molecule has 0 aromatic carbocycles. The van der Waals surface area contributed by atoms with Crippen LogP contribution in [0.5, 0.6) is 0 Å². The highest BCUT2D eigenvalue weighted by Crippen LogP contribution is 2.22. The summed E-state index contributed by atoms with van der Waals surface area (Å²) >= 11 is 0. The predicted octanol–water partition coefficient (Wildman–Crippen LogP) is 0.650. The van der Waals surface area contributed by atoms with E-state index in [0.717, 1.165) is 25.9 Å². The Morgan fingerprint density at radius 1 is 1.35 bits per heavy atom. The molecule has 1 N–H and O–H groups in total. The molecule has 0 aromatic rings. The first-order chi connectivity index (χ1) is 7.91. The van der Waals surface area contributed by atoms with Gasteiger partial charge < -0.3 is 10.0 Å². The van der Waals surface area contributed by atoms with Crippen LogP contribution in [-0.2, 0) is 9.59 Å². The van der Waals surface area contributed by atoms with Gasteiger partial charge in [0.2, 0.25) is 5.91 Å². The van der Waals surface area contributed by atoms with E-state index < -0.39 is 5.97 Å². The van der Waals surface area contributed by atoms with Crippen LogP contribution < -0.4 is 0 Å². The van der Waals surface area contributed by atoms with Gasteiger partial charge in [0.05, 0.1) is 6.04 Å². The minimum Gasteiger partial charge on any atom is -0.481 e. The van der Waals surface area contributed by atoms with Crippen molar-refractivity contribution < 1.29 is 14.7 Å². The van der Waals surface area contributed by atoms with Gasteiger partial charge in [0.25, 0.3) is 0 Å². The maximum atomic E-state index is 11.8. The summed E-state index contributed by atoms with van der Waals surface area (Å²) in [7, 11) is 3.52. The van der Waals surface area contributed by atoms with Crippen LogP contribution in [0.15, 0.2) is 0 Å². The van der Waals surface area contributed by atoms with E-state index in [0.29, 0.717) is 0 Å². The van der Waals surface area contributed by atoms with Crippen LogP contribution in [0.3, 0.4) is 0 Å². The van der Waals surface area contributed by atoms with Crippen molar-refractivity contribution in [3.63, 3.8) is 0 Å². The maximum Gasteiger partial charge on any atom is 0.303 e. The number of carbonyl (C=O) groups is 2. The zero-order valence-corrected chi connectivity index (χ0v) is 10.8. The molecule has 1 rings (SSSR count). The number of nitrogens with zero attached hydrogens (tertiary/aromatic N) is 2. The van der Waals surface area contributed by atoms with E-state index in [1.165, 1.54) is 0 Å². The number of carbonyl (C=O) groups excluding carboxylic acids is 1. The maximum absolute atomic E-state index is 11.8. The second-order valence-corrected chi connectivity index (χ2v) is 4.99. The van der Waals surface area contributed by atoms with Gasteiger partial charge in [-0.3, -0.25) is 14.5 Å². The molecule has 1 fully saturated rings. The Balaban J connectivity index is 2.41. The SMILES string of the molecule is CC(C(=O)N(C)C)N1CCC(CC(=O)O)CC1. The summed E-state index contributed by atoms with van der Waals surface area (Å²) in [6.07, 6.45) is 2.00. The predicted molar refractivity (Wildman–Crippen MR) is 64.7 cm³/mol. The van der Waals surface area contributed by atoms with Crippen molar-refractivity contribution in [1.82, 2.24) is 9.80 Å². The number of likely N-dealkylation sites (N-methyl/N-ethyl adjacent to an activating group) is 1. The zero-order chi connectivity index (χ0) is 13.0. The fourth-order valence-corrected chi connectivity index (χ4v) is 2.32. The number of rotatable bonds is 4. The Morgan fingerprint density at radius 2 is 1.88 bits per heavy atom. The van der Waals surface area contributed by atoms with Crippen molar-refractivity contribution in [2.24, 2.45) is 5.92 Å². The van der Waals surface area contributed by atoms with Gasteiger partial charge in [-0.05, 0) is 38.8 Å². The van der Waals surface area contributed by atoms with Crippen molar-refractivity contribution in [2.75, 3.05) is 27.2 Å². The Labute approximate surface area is 102 Å². The minimum atomic E-state index is -0.721. The third kappa shape index (κ3) is 4.00. The molecule has 0 aromatic heterocycles. The van der Waals surface area contributed by atoms with E-state index in [2.05, 4.69) is 4.90 Å². The smallest absolute Gasteiger partial charge is 0.303 e. The largest absolute Gasteiger partial charge is 0.481 e. The number of hydrogen-bond donors (Lipinski definition) is 1. The van der Waals surface area contributed by atoms with Gasteiger partial charge in [0.1, 0.15) is 0 Å². The number of amides is 1. The molecule has 0 saturated carbocycles. The first-order valence-electron chi connectivity index (χ1n) is 6.08. The van der Waals surface area contributed by atoms with E-state index in [-0.39, 0.29) is 24.3 Å². The lowest BCUT2D eigenvalue weighted by Crippen LogP contribution is -2.48. The van der Waals surface area contributed by atoms with Crippen molar-refractivity contribution in [2.45, 2.75) is 32.2 Å². The summed E-state index contributed by atoms with van der Waals surface area (Å²) < 4.78 is 0. The van der Waals surface area contributed by atoms with Gasteiger partial charge >= 0.3 is 5.97 Å². The molecule has 1 saturated heterocycles. The van der Waals surface area contributed by atoms with Crippen LogP contribution in [0.25, 0.3) is 0 Å². The molecule has 0 bridgehead atoms. The van der Waals surface area contributed by atoms with Crippen molar-refractivity contribution in [1.29, 1.82) is 0 Å². The molecule has 98 valence electrons. The summed E-state index contributed by atoms with van der Waals surface area (Å²) in [5.41, 5.74) is 0. The molecule has 5 heteroatoms. The molecule has 0 radical (unpaired) electrons. The van der Waals surface area contributed by atoms with Crippen LogP contribution in [0.1, 0.15) is 26.2 Å². The fourth-order valence-electron chi connectivity index (χ4n) is 2.32. The van der Waals surface area contributed by atoms with Crippen LogP contribution in [0, 0.1) is 5.92 Å². The highest BCUT2D eigenvalue weighted by atomic mass is 16.4. The van der Waals surface area contributed by atoms with Crippen molar-refractivity contribution >= 4 is 11.9 Å². The lowest BCUT2D eigenvalue weighted by molar-refractivity contribution is -0.139. The van der Waals surface area contributed by atoms with Gasteiger partial charge in [0, 0.05) is 20.5 Å². The van der Waals surface area contributed by atoms with Gasteiger partial charge in [-0.1, -0.05) is 0 Å². The molecule has 1 heterocycles. The van der Waals surface area contributed by atoms with E-state index in [1.54, 1.807) is 19.0 Å². The van der Waals surface area contributed by atoms with Crippen molar-refractivity contribution in [3.05, 3.63) is 0 Å². The number of hydrogen-bond acceptors (Lipinski definition) is 3. The molecule has 5 nitrogen and oxygen atoms in total. The molecule has 1 aliphatic heterocycles. The van der Waals surface area contributed by atoms with E-state index >= 15 is 0 Å². The van der Waals surface area contributed by atoms with Crippen LogP contribution in [0.2, 0.25) is 0 Å². The molecule has 0 spiro atoms. The van der Waals surface area contributed by atoms with Crippen LogP contribution >= 0.6 is 0 Å². The first-order valence-corrected chi connectivity index (χ1v) is 6.08. The Kier molecular flexibility index (Phi) is 4.93. The van der Waals surface area contributed by atoms with E-state index in [9.17, 15) is 9.59 Å². The molecule has 1 amide bonds. The summed E-state index contributed by atoms with van der Waals surface area (Å²) in [6, 6.07) is -0.101. The third-order valence-corrected chi connectivity index (χ3v) is 3.46. The summed E-state index contributed by atoms with van der Waals surface area (Å²) in [5.74, 6) is -0.340. The van der Waals surface area contributed by atoms with Gasteiger partial charge in [-0.25, -0.2) is 0 Å². The quantitative estimate of drug-likeness (QED) is 0.786. The third-order valence-electron chi connectivity index (χ3n) is 3.46. The molecule has 17 heavy (non-hydrogen) atoms. The Bertz CT molecular complexity index is 283. The summed E-state index contributed by atoms with van der Waals surface area (Å²) in [4.78, 5) is 26.1. The summed E-state index contributed by atoms with van der Waals surface area (Å²) in [6.45, 7) is 3.55. The second-order valence-electron chi connectivity index (χ2n) is 4.99. The number of likely N-dealkylation sites (tertiary alicyclic amines) is 1. The lowest BCUT2D eigenvalue weighted by atomic mass is 9.93. The number of carboxylic acid groups (broad SMARTS) is 1. The molecule has 1 aliphatic rings. The highest BCUT2D eigenvalue weighted by molar-refractivity contribution is 5.80. The van der Waals surface area contributed by atoms with Crippen LogP contribution in [0.4, 0.5) is 0 Å².